The summed E-state index contributed by atoms with van der Waals surface area (Å²) in [4.78, 5) is 18.8. The summed E-state index contributed by atoms with van der Waals surface area (Å²) in [6, 6.07) is 7.29. The molecule has 1 saturated heterocycles. The first-order valence-electron chi connectivity index (χ1n) is 7.01. The van der Waals surface area contributed by atoms with Gasteiger partial charge in [-0.25, -0.2) is 4.98 Å². The molecule has 2 atom stereocenters. The van der Waals surface area contributed by atoms with Gasteiger partial charge in [0.2, 0.25) is 0 Å². The van der Waals surface area contributed by atoms with Gasteiger partial charge in [-0.15, -0.1) is 0 Å². The smallest absolute Gasteiger partial charge is 0.258 e. The van der Waals surface area contributed by atoms with Crippen molar-refractivity contribution in [2.24, 2.45) is 5.92 Å². The Morgan fingerprint density at radius 2 is 2.30 bits per heavy atom. The van der Waals surface area contributed by atoms with E-state index in [0.717, 1.165) is 18.7 Å². The van der Waals surface area contributed by atoms with Crippen LogP contribution in [0.3, 0.4) is 0 Å². The average Bonchev–Trinajstić information content (AvgIpc) is 2.79. The van der Waals surface area contributed by atoms with Crippen molar-refractivity contribution in [1.82, 2.24) is 14.3 Å². The van der Waals surface area contributed by atoms with E-state index >= 15 is 0 Å². The highest BCUT2D eigenvalue weighted by atomic mass is 16.3. The molecule has 3 heterocycles. The van der Waals surface area contributed by atoms with Gasteiger partial charge in [0, 0.05) is 24.8 Å². The number of nitrogens with zero attached hydrogens (tertiary/aromatic N) is 3. The zero-order chi connectivity index (χ0) is 14.1. The molecule has 0 spiro atoms. The normalized spacial score (nSPS) is 23.5. The van der Waals surface area contributed by atoms with Crippen molar-refractivity contribution in [2.45, 2.75) is 25.9 Å². The van der Waals surface area contributed by atoms with Crippen LogP contribution in [0.4, 0.5) is 0 Å². The molecule has 0 saturated carbocycles. The Labute approximate surface area is 117 Å². The van der Waals surface area contributed by atoms with E-state index in [2.05, 4.69) is 16.8 Å². The molecule has 0 aromatic carbocycles. The maximum Gasteiger partial charge on any atom is 0.258 e. The van der Waals surface area contributed by atoms with Crippen LogP contribution in [0, 0.1) is 5.92 Å². The third kappa shape index (κ3) is 2.34. The molecule has 2 unspecified atom stereocenters. The Balaban J connectivity index is 1.90. The fourth-order valence-electron chi connectivity index (χ4n) is 2.97. The first kappa shape index (κ1) is 13.3. The fourth-order valence-corrected chi connectivity index (χ4v) is 2.97. The standard InChI is InChI=1S/C15H19N3O2/c1-11-5-7-17(13(11)10-19)9-12-8-15(20)18-6-3-2-4-14(18)16-12/h2-4,6,8,11,13,19H,5,7,9-10H2,1H3. The van der Waals surface area contributed by atoms with Crippen LogP contribution >= 0.6 is 0 Å². The van der Waals surface area contributed by atoms with E-state index in [-0.39, 0.29) is 18.2 Å². The van der Waals surface area contributed by atoms with Gasteiger partial charge in [-0.1, -0.05) is 13.0 Å². The lowest BCUT2D eigenvalue weighted by Gasteiger charge is -2.24. The number of fused-ring (bicyclic) bond motifs is 1. The summed E-state index contributed by atoms with van der Waals surface area (Å²) < 4.78 is 1.54. The van der Waals surface area contributed by atoms with Gasteiger partial charge < -0.3 is 5.11 Å². The molecule has 1 fully saturated rings. The molecule has 0 amide bonds. The zero-order valence-electron chi connectivity index (χ0n) is 11.6. The highest BCUT2D eigenvalue weighted by Crippen LogP contribution is 2.24. The Bertz CT molecular complexity index is 667. The van der Waals surface area contributed by atoms with E-state index in [1.54, 1.807) is 16.7 Å². The number of hydrogen-bond donors (Lipinski definition) is 1. The van der Waals surface area contributed by atoms with Crippen molar-refractivity contribution in [2.75, 3.05) is 13.2 Å². The predicted octanol–water partition coefficient (Wildman–Crippen LogP) is 0.897. The molecule has 1 aliphatic rings. The Kier molecular flexibility index (Phi) is 3.54. The molecule has 106 valence electrons. The van der Waals surface area contributed by atoms with Gasteiger partial charge in [-0.3, -0.25) is 14.1 Å². The minimum atomic E-state index is -0.0570. The maximum atomic E-state index is 12.0. The molecule has 0 radical (unpaired) electrons. The van der Waals surface area contributed by atoms with Crippen LogP contribution in [0.5, 0.6) is 0 Å². The van der Waals surface area contributed by atoms with Crippen molar-refractivity contribution in [3.8, 4) is 0 Å². The summed E-state index contributed by atoms with van der Waals surface area (Å²) in [5, 5.41) is 9.48. The van der Waals surface area contributed by atoms with E-state index in [1.807, 2.05) is 18.2 Å². The van der Waals surface area contributed by atoms with Gasteiger partial charge in [0.15, 0.2) is 0 Å². The predicted molar refractivity (Wildman–Crippen MR) is 76.5 cm³/mol. The van der Waals surface area contributed by atoms with Crippen molar-refractivity contribution >= 4 is 5.65 Å². The highest BCUT2D eigenvalue weighted by molar-refractivity contribution is 5.38. The first-order chi connectivity index (χ1) is 9.69. The van der Waals surface area contributed by atoms with Gasteiger partial charge in [-0.05, 0) is 31.0 Å². The summed E-state index contributed by atoms with van der Waals surface area (Å²) in [5.74, 6) is 0.488. The number of aliphatic hydroxyl groups is 1. The monoisotopic (exact) mass is 273 g/mol. The lowest BCUT2D eigenvalue weighted by Crippen LogP contribution is -2.35. The van der Waals surface area contributed by atoms with Gasteiger partial charge in [-0.2, -0.15) is 0 Å². The zero-order valence-corrected chi connectivity index (χ0v) is 11.6. The highest BCUT2D eigenvalue weighted by Gasteiger charge is 2.30. The summed E-state index contributed by atoms with van der Waals surface area (Å²) in [5.41, 5.74) is 1.38. The van der Waals surface area contributed by atoms with Gasteiger partial charge in [0.25, 0.3) is 5.56 Å². The third-order valence-corrected chi connectivity index (χ3v) is 4.17. The Morgan fingerprint density at radius 3 is 3.10 bits per heavy atom. The second-order valence-corrected chi connectivity index (χ2v) is 5.50. The van der Waals surface area contributed by atoms with E-state index in [4.69, 9.17) is 0 Å². The van der Waals surface area contributed by atoms with Crippen LogP contribution in [0.1, 0.15) is 19.0 Å². The lowest BCUT2D eigenvalue weighted by atomic mass is 10.0. The van der Waals surface area contributed by atoms with Crippen LogP contribution in [0.15, 0.2) is 35.3 Å². The molecule has 1 N–H and O–H groups in total. The summed E-state index contributed by atoms with van der Waals surface area (Å²) in [7, 11) is 0. The molecule has 1 aliphatic heterocycles. The van der Waals surface area contributed by atoms with E-state index < -0.39 is 0 Å². The Hall–Kier alpha value is -1.72. The molecule has 5 nitrogen and oxygen atoms in total. The van der Waals surface area contributed by atoms with E-state index in [1.165, 1.54) is 0 Å². The quantitative estimate of drug-likeness (QED) is 0.902. The first-order valence-corrected chi connectivity index (χ1v) is 7.01. The topological polar surface area (TPSA) is 57.8 Å². The number of pyridine rings is 1. The maximum absolute atomic E-state index is 12.0. The molecular formula is C15H19N3O2. The second-order valence-electron chi connectivity index (χ2n) is 5.50. The molecule has 2 aromatic heterocycles. The molecule has 0 aliphatic carbocycles. The Morgan fingerprint density at radius 1 is 1.45 bits per heavy atom. The van der Waals surface area contributed by atoms with Crippen LogP contribution in [0.25, 0.3) is 5.65 Å². The molecule has 20 heavy (non-hydrogen) atoms. The number of likely N-dealkylation sites (tertiary alicyclic amines) is 1. The van der Waals surface area contributed by atoms with Gasteiger partial charge >= 0.3 is 0 Å². The number of rotatable bonds is 3. The summed E-state index contributed by atoms with van der Waals surface area (Å²) in [6.07, 6.45) is 2.81. The fraction of sp³-hybridized carbons (Fsp3) is 0.467. The second kappa shape index (κ2) is 5.34. The van der Waals surface area contributed by atoms with Gasteiger partial charge in [0.1, 0.15) is 5.65 Å². The van der Waals surface area contributed by atoms with Crippen molar-refractivity contribution in [1.29, 1.82) is 0 Å². The van der Waals surface area contributed by atoms with Crippen molar-refractivity contribution in [3.63, 3.8) is 0 Å². The molecule has 5 heteroatoms. The largest absolute Gasteiger partial charge is 0.395 e. The summed E-state index contributed by atoms with van der Waals surface area (Å²) in [6.45, 7) is 3.88. The van der Waals surface area contributed by atoms with Crippen LogP contribution in [0.2, 0.25) is 0 Å². The third-order valence-electron chi connectivity index (χ3n) is 4.17. The number of aliphatic hydroxyl groups excluding tert-OH is 1. The van der Waals surface area contributed by atoms with Crippen LogP contribution < -0.4 is 5.56 Å². The van der Waals surface area contributed by atoms with Gasteiger partial charge in [0.05, 0.1) is 12.3 Å². The van der Waals surface area contributed by atoms with Crippen molar-refractivity contribution < 1.29 is 5.11 Å². The minimum absolute atomic E-state index is 0.0570. The minimum Gasteiger partial charge on any atom is -0.395 e. The average molecular weight is 273 g/mol. The van der Waals surface area contributed by atoms with E-state index in [9.17, 15) is 9.90 Å². The summed E-state index contributed by atoms with van der Waals surface area (Å²) >= 11 is 0. The van der Waals surface area contributed by atoms with Crippen molar-refractivity contribution in [3.05, 3.63) is 46.5 Å². The van der Waals surface area contributed by atoms with Crippen LogP contribution in [-0.2, 0) is 6.54 Å². The SMILES string of the molecule is CC1CCN(Cc2cc(=O)n3ccccc3n2)C1CO. The molecule has 0 bridgehead atoms. The number of hydrogen-bond acceptors (Lipinski definition) is 4. The lowest BCUT2D eigenvalue weighted by molar-refractivity contribution is 0.133. The molecule has 3 rings (SSSR count). The van der Waals surface area contributed by atoms with E-state index in [0.29, 0.717) is 18.1 Å². The molecular weight excluding hydrogens is 254 g/mol. The molecule has 2 aromatic rings. The van der Waals surface area contributed by atoms with Crippen LogP contribution in [-0.4, -0.2) is 38.6 Å². The number of aromatic nitrogens is 2.